The molecule has 2 aliphatic rings. The van der Waals surface area contributed by atoms with E-state index < -0.39 is 74.3 Å². The Kier molecular flexibility index (Phi) is 7.92. The summed E-state index contributed by atoms with van der Waals surface area (Å²) in [6, 6.07) is -1.02. The summed E-state index contributed by atoms with van der Waals surface area (Å²) < 4.78 is 80.4. The Hall–Kier alpha value is -1.03. The molecule has 0 aromatic carbocycles. The highest BCUT2D eigenvalue weighted by molar-refractivity contribution is 7.86. The molecule has 2 saturated heterocycles. The molecule has 0 aliphatic carbocycles. The topological polar surface area (TPSA) is 153 Å². The molecule has 0 aromatic rings. The number of nitrogens with one attached hydrogen (secondary N) is 1. The lowest BCUT2D eigenvalue weighted by Gasteiger charge is -2.33. The molecular formula is C18H33NO11S2. The van der Waals surface area contributed by atoms with Crippen LogP contribution in [0.3, 0.4) is 0 Å². The van der Waals surface area contributed by atoms with Gasteiger partial charge in [0.2, 0.25) is 0 Å². The summed E-state index contributed by atoms with van der Waals surface area (Å²) in [7, 11) is -8.05. The van der Waals surface area contributed by atoms with Gasteiger partial charge in [-0.3, -0.25) is 8.37 Å². The second-order valence-electron chi connectivity index (χ2n) is 9.37. The van der Waals surface area contributed by atoms with Gasteiger partial charge in [-0.2, -0.15) is 16.8 Å². The molecule has 0 radical (unpaired) electrons. The maximum absolute atomic E-state index is 12.6. The third-order valence-corrected chi connectivity index (χ3v) is 5.67. The van der Waals surface area contributed by atoms with Gasteiger partial charge >= 0.3 is 6.09 Å². The van der Waals surface area contributed by atoms with E-state index in [1.165, 1.54) is 6.92 Å². The van der Waals surface area contributed by atoms with Crippen molar-refractivity contribution < 1.29 is 48.9 Å². The number of rotatable bonds is 7. The Morgan fingerprint density at radius 1 is 1.06 bits per heavy atom. The van der Waals surface area contributed by atoms with Gasteiger partial charge < -0.3 is 24.3 Å². The number of ether oxygens (including phenoxy) is 4. The van der Waals surface area contributed by atoms with Crippen molar-refractivity contribution >= 4 is 26.3 Å². The van der Waals surface area contributed by atoms with Crippen LogP contribution in [-0.4, -0.2) is 90.0 Å². The van der Waals surface area contributed by atoms with Crippen molar-refractivity contribution in [2.45, 2.75) is 89.5 Å². The molecule has 12 nitrogen and oxygen atoms in total. The summed E-state index contributed by atoms with van der Waals surface area (Å²) >= 11 is 0. The van der Waals surface area contributed by atoms with Crippen LogP contribution < -0.4 is 5.32 Å². The fraction of sp³-hybridized carbons (Fsp3) is 0.944. The maximum Gasteiger partial charge on any atom is 0.408 e. The molecule has 2 fully saturated rings. The molecule has 1 amide bonds. The molecule has 0 saturated carbocycles. The smallest absolute Gasteiger partial charge is 0.408 e. The minimum absolute atomic E-state index is 0.0465. The number of hydrogen-bond acceptors (Lipinski definition) is 11. The summed E-state index contributed by atoms with van der Waals surface area (Å²) in [5.41, 5.74) is -0.810. The number of alkyl carbamates (subject to hydrolysis) is 1. The molecule has 0 spiro atoms. The summed E-state index contributed by atoms with van der Waals surface area (Å²) in [4.78, 5) is 12.6. The first-order valence-corrected chi connectivity index (χ1v) is 13.6. The molecule has 1 unspecified atom stereocenters. The molecule has 2 heterocycles. The molecular weight excluding hydrogens is 470 g/mol. The maximum atomic E-state index is 12.6. The molecule has 0 aromatic heterocycles. The normalized spacial score (nSPS) is 31.9. The molecule has 188 valence electrons. The number of carbonyl (C=O) groups excluding carboxylic acids is 1. The van der Waals surface area contributed by atoms with Crippen molar-refractivity contribution in [2.24, 2.45) is 0 Å². The second-order valence-corrected chi connectivity index (χ2v) is 12.6. The van der Waals surface area contributed by atoms with Gasteiger partial charge in [0.15, 0.2) is 5.79 Å². The first kappa shape index (κ1) is 27.2. The monoisotopic (exact) mass is 503 g/mol. The first-order chi connectivity index (χ1) is 14.3. The number of carbonyl (C=O) groups is 1. The van der Waals surface area contributed by atoms with Crippen LogP contribution in [0.2, 0.25) is 0 Å². The average molecular weight is 504 g/mol. The Balaban J connectivity index is 2.42. The van der Waals surface area contributed by atoms with E-state index in [0.717, 1.165) is 12.5 Å². The van der Waals surface area contributed by atoms with Crippen molar-refractivity contribution in [3.05, 3.63) is 0 Å². The number of amides is 1. The van der Waals surface area contributed by atoms with Crippen molar-refractivity contribution in [3.63, 3.8) is 0 Å². The van der Waals surface area contributed by atoms with Crippen LogP contribution in [0.4, 0.5) is 4.79 Å². The van der Waals surface area contributed by atoms with Gasteiger partial charge in [0.1, 0.15) is 30.0 Å². The molecule has 2 rings (SSSR count). The second kappa shape index (κ2) is 9.31. The zero-order chi connectivity index (χ0) is 24.7. The van der Waals surface area contributed by atoms with Crippen LogP contribution in [-0.2, 0) is 47.5 Å². The fourth-order valence-electron chi connectivity index (χ4n) is 3.51. The van der Waals surface area contributed by atoms with E-state index in [1.807, 2.05) is 0 Å². The molecule has 14 heteroatoms. The van der Waals surface area contributed by atoms with Gasteiger partial charge in [-0.15, -0.1) is 0 Å². The lowest BCUT2D eigenvalue weighted by Crippen LogP contribution is -2.57. The summed E-state index contributed by atoms with van der Waals surface area (Å²) in [6.45, 7) is 9.95. The van der Waals surface area contributed by atoms with E-state index >= 15 is 0 Å². The van der Waals surface area contributed by atoms with Crippen molar-refractivity contribution in [1.29, 1.82) is 0 Å². The number of hydrogen-bond donors (Lipinski definition) is 1. The van der Waals surface area contributed by atoms with Crippen molar-refractivity contribution in [2.75, 3.05) is 19.1 Å². The van der Waals surface area contributed by atoms with Gasteiger partial charge in [-0.25, -0.2) is 4.79 Å². The third kappa shape index (κ3) is 8.08. The highest BCUT2D eigenvalue weighted by Crippen LogP contribution is 2.35. The molecule has 0 bridgehead atoms. The van der Waals surface area contributed by atoms with Crippen LogP contribution >= 0.6 is 0 Å². The zero-order valence-electron chi connectivity index (χ0n) is 19.5. The van der Waals surface area contributed by atoms with Crippen LogP contribution in [0.1, 0.15) is 41.5 Å². The quantitative estimate of drug-likeness (QED) is 0.483. The van der Waals surface area contributed by atoms with Gasteiger partial charge in [-0.05, 0) is 41.5 Å². The average Bonchev–Trinajstić information content (AvgIpc) is 3.02. The van der Waals surface area contributed by atoms with E-state index in [9.17, 15) is 21.6 Å². The van der Waals surface area contributed by atoms with Gasteiger partial charge in [-0.1, -0.05) is 0 Å². The lowest BCUT2D eigenvalue weighted by molar-refractivity contribution is -0.148. The SMILES string of the molecule is C[C@@H]1O[C@@H](C(NC(=O)OC(C)(C)C)[C@H]2COC(C)(C)O2)[C@@H](OS(C)(=O)=O)[C@@H]1OS(C)(=O)=O. The van der Waals surface area contributed by atoms with E-state index in [1.54, 1.807) is 34.6 Å². The Morgan fingerprint density at radius 3 is 2.03 bits per heavy atom. The highest BCUT2D eigenvalue weighted by atomic mass is 32.2. The summed E-state index contributed by atoms with van der Waals surface area (Å²) in [6.07, 6.45) is -4.68. The van der Waals surface area contributed by atoms with E-state index in [0.29, 0.717) is 0 Å². The Labute approximate surface area is 189 Å². The van der Waals surface area contributed by atoms with Gasteiger partial charge in [0.05, 0.1) is 31.3 Å². The third-order valence-electron chi connectivity index (χ3n) is 4.52. The van der Waals surface area contributed by atoms with Crippen molar-refractivity contribution in [3.8, 4) is 0 Å². The largest absolute Gasteiger partial charge is 0.444 e. The molecule has 32 heavy (non-hydrogen) atoms. The Bertz CT molecular complexity index is 894. The van der Waals surface area contributed by atoms with Crippen LogP contribution in [0.25, 0.3) is 0 Å². The summed E-state index contributed by atoms with van der Waals surface area (Å²) in [5, 5.41) is 2.64. The molecule has 6 atom stereocenters. The lowest BCUT2D eigenvalue weighted by atomic mass is 9.98. The van der Waals surface area contributed by atoms with E-state index in [2.05, 4.69) is 5.32 Å². The van der Waals surface area contributed by atoms with Gasteiger partial charge in [0, 0.05) is 0 Å². The van der Waals surface area contributed by atoms with Crippen LogP contribution in [0.5, 0.6) is 0 Å². The van der Waals surface area contributed by atoms with Crippen LogP contribution in [0, 0.1) is 0 Å². The predicted octanol–water partition coefficient (Wildman–Crippen LogP) is 0.508. The van der Waals surface area contributed by atoms with E-state index in [4.69, 9.17) is 27.3 Å². The zero-order valence-corrected chi connectivity index (χ0v) is 21.1. The minimum Gasteiger partial charge on any atom is -0.444 e. The van der Waals surface area contributed by atoms with Crippen LogP contribution in [0.15, 0.2) is 0 Å². The van der Waals surface area contributed by atoms with Crippen molar-refractivity contribution in [1.82, 2.24) is 5.32 Å². The highest BCUT2D eigenvalue weighted by Gasteiger charge is 2.54. The van der Waals surface area contributed by atoms with Gasteiger partial charge in [0.25, 0.3) is 20.2 Å². The molecule has 1 N–H and O–H groups in total. The minimum atomic E-state index is -4.06. The summed E-state index contributed by atoms with van der Waals surface area (Å²) in [5.74, 6) is -0.974. The van der Waals surface area contributed by atoms with E-state index in [-0.39, 0.29) is 6.61 Å². The standard InChI is InChI=1S/C18H33NO11S2/c1-10-13(29-31(7,21)22)15(30-32(8,23)24)14(26-10)12(11-9-25-18(5,6)27-11)19-16(20)28-17(2,3)4/h10-15H,9H2,1-8H3,(H,19,20)/t10-,11+,12?,13+,14-,15-/m0/s1. The fourth-order valence-corrected chi connectivity index (χ4v) is 4.81. The molecule has 2 aliphatic heterocycles. The Morgan fingerprint density at radius 2 is 1.59 bits per heavy atom. The first-order valence-electron chi connectivity index (χ1n) is 10.00. The predicted molar refractivity (Wildman–Crippen MR) is 112 cm³/mol.